The SMILES string of the molecule is CC(C)(C)OC(=O)C(c1cccs1)C(N)C(=O)O. The average Bonchev–Trinajstić information content (AvgIpc) is 2.67. The number of carbonyl (C=O) groups excluding carboxylic acids is 1. The predicted molar refractivity (Wildman–Crippen MR) is 68.5 cm³/mol. The molecule has 0 aliphatic rings. The molecule has 0 saturated heterocycles. The van der Waals surface area contributed by atoms with E-state index in [9.17, 15) is 9.59 Å². The third-order valence-corrected chi connectivity index (χ3v) is 3.11. The normalized spacial score (nSPS) is 14.9. The first-order valence-corrected chi connectivity index (χ1v) is 6.35. The van der Waals surface area contributed by atoms with E-state index in [4.69, 9.17) is 15.6 Å². The van der Waals surface area contributed by atoms with Gasteiger partial charge in [-0.15, -0.1) is 11.3 Å². The first-order chi connectivity index (χ1) is 8.22. The summed E-state index contributed by atoms with van der Waals surface area (Å²) in [4.78, 5) is 23.6. The molecule has 2 atom stereocenters. The molecule has 0 amide bonds. The second-order valence-electron chi connectivity index (χ2n) is 4.89. The van der Waals surface area contributed by atoms with Gasteiger partial charge in [-0.1, -0.05) is 6.07 Å². The van der Waals surface area contributed by atoms with Crippen molar-refractivity contribution in [1.82, 2.24) is 0 Å². The van der Waals surface area contributed by atoms with Crippen molar-refractivity contribution in [2.75, 3.05) is 0 Å². The molecule has 1 aromatic heterocycles. The molecule has 100 valence electrons. The van der Waals surface area contributed by atoms with Gasteiger partial charge < -0.3 is 15.6 Å². The van der Waals surface area contributed by atoms with Gasteiger partial charge in [-0.25, -0.2) is 0 Å². The Morgan fingerprint density at radius 3 is 2.44 bits per heavy atom. The van der Waals surface area contributed by atoms with Gasteiger partial charge in [0.1, 0.15) is 17.6 Å². The number of hydrogen-bond donors (Lipinski definition) is 2. The zero-order chi connectivity index (χ0) is 13.9. The molecule has 0 spiro atoms. The van der Waals surface area contributed by atoms with Crippen LogP contribution in [0.25, 0.3) is 0 Å². The number of hydrogen-bond acceptors (Lipinski definition) is 5. The maximum absolute atomic E-state index is 12.0. The second-order valence-corrected chi connectivity index (χ2v) is 5.87. The Hall–Kier alpha value is -1.40. The topological polar surface area (TPSA) is 89.6 Å². The smallest absolute Gasteiger partial charge is 0.321 e. The number of rotatable bonds is 4. The third kappa shape index (κ3) is 3.82. The van der Waals surface area contributed by atoms with Gasteiger partial charge >= 0.3 is 11.9 Å². The van der Waals surface area contributed by atoms with E-state index < -0.39 is 29.5 Å². The Morgan fingerprint density at radius 2 is 2.06 bits per heavy atom. The first-order valence-electron chi connectivity index (χ1n) is 5.47. The van der Waals surface area contributed by atoms with Crippen LogP contribution in [0.1, 0.15) is 31.6 Å². The predicted octanol–water partition coefficient (Wildman–Crippen LogP) is 1.59. The standard InChI is InChI=1S/C12H17NO4S/c1-12(2,3)17-11(16)8(9(13)10(14)15)7-5-4-6-18-7/h4-6,8-9H,13H2,1-3H3,(H,14,15). The van der Waals surface area contributed by atoms with Crippen molar-refractivity contribution in [2.45, 2.75) is 38.3 Å². The van der Waals surface area contributed by atoms with Gasteiger partial charge in [-0.05, 0) is 32.2 Å². The van der Waals surface area contributed by atoms with Crippen molar-refractivity contribution >= 4 is 23.3 Å². The largest absolute Gasteiger partial charge is 0.480 e. The Labute approximate surface area is 110 Å². The molecule has 0 aliphatic carbocycles. The molecular formula is C12H17NO4S. The van der Waals surface area contributed by atoms with Gasteiger partial charge in [-0.2, -0.15) is 0 Å². The zero-order valence-electron chi connectivity index (χ0n) is 10.5. The van der Waals surface area contributed by atoms with Crippen molar-refractivity contribution in [1.29, 1.82) is 0 Å². The van der Waals surface area contributed by atoms with Crippen molar-refractivity contribution in [3.63, 3.8) is 0 Å². The van der Waals surface area contributed by atoms with Crippen molar-refractivity contribution in [2.24, 2.45) is 5.73 Å². The molecule has 0 radical (unpaired) electrons. The van der Waals surface area contributed by atoms with Crippen LogP contribution in [0.4, 0.5) is 0 Å². The van der Waals surface area contributed by atoms with E-state index in [0.717, 1.165) is 0 Å². The molecule has 0 saturated carbocycles. The fraction of sp³-hybridized carbons (Fsp3) is 0.500. The van der Waals surface area contributed by atoms with Crippen LogP contribution in [0.5, 0.6) is 0 Å². The highest BCUT2D eigenvalue weighted by atomic mass is 32.1. The molecule has 0 fully saturated rings. The summed E-state index contributed by atoms with van der Waals surface area (Å²) in [6.45, 7) is 5.17. The van der Waals surface area contributed by atoms with Crippen LogP contribution in [0.2, 0.25) is 0 Å². The number of aliphatic carboxylic acids is 1. The summed E-state index contributed by atoms with van der Waals surface area (Å²) in [7, 11) is 0. The molecule has 0 bridgehead atoms. The summed E-state index contributed by atoms with van der Waals surface area (Å²) in [5, 5.41) is 10.7. The quantitative estimate of drug-likeness (QED) is 0.812. The Balaban J connectivity index is 2.99. The van der Waals surface area contributed by atoms with E-state index in [-0.39, 0.29) is 0 Å². The number of esters is 1. The Bertz CT molecular complexity index is 422. The first kappa shape index (κ1) is 14.7. The summed E-state index contributed by atoms with van der Waals surface area (Å²) in [6.07, 6.45) is 0. The van der Waals surface area contributed by atoms with Gasteiger partial charge in [0.15, 0.2) is 0 Å². The van der Waals surface area contributed by atoms with Gasteiger partial charge in [0.05, 0.1) is 0 Å². The number of carboxylic acids is 1. The Kier molecular flexibility index (Phi) is 4.48. The van der Waals surface area contributed by atoms with Crippen LogP contribution in [-0.2, 0) is 14.3 Å². The summed E-state index contributed by atoms with van der Waals surface area (Å²) in [5.41, 5.74) is 4.90. The van der Waals surface area contributed by atoms with Crippen LogP contribution in [-0.4, -0.2) is 28.7 Å². The van der Waals surface area contributed by atoms with E-state index in [1.54, 1.807) is 38.3 Å². The summed E-state index contributed by atoms with van der Waals surface area (Å²) < 4.78 is 5.22. The van der Waals surface area contributed by atoms with E-state index in [2.05, 4.69) is 0 Å². The summed E-state index contributed by atoms with van der Waals surface area (Å²) >= 11 is 1.29. The molecule has 1 heterocycles. The summed E-state index contributed by atoms with van der Waals surface area (Å²) in [6, 6.07) is 2.12. The highest BCUT2D eigenvalue weighted by Gasteiger charge is 2.36. The van der Waals surface area contributed by atoms with Crippen molar-refractivity contribution in [3.8, 4) is 0 Å². The molecule has 5 nitrogen and oxygen atoms in total. The lowest BCUT2D eigenvalue weighted by atomic mass is 9.98. The molecule has 1 rings (SSSR count). The molecule has 3 N–H and O–H groups in total. The number of nitrogens with two attached hydrogens (primary N) is 1. The van der Waals surface area contributed by atoms with Gasteiger partial charge in [0.25, 0.3) is 0 Å². The highest BCUT2D eigenvalue weighted by Crippen LogP contribution is 2.27. The van der Waals surface area contributed by atoms with Crippen LogP contribution < -0.4 is 5.73 Å². The second kappa shape index (κ2) is 5.49. The molecule has 0 aliphatic heterocycles. The number of carboxylic acid groups (broad SMARTS) is 1. The number of ether oxygens (including phenoxy) is 1. The number of thiophene rings is 1. The van der Waals surface area contributed by atoms with Crippen LogP contribution in [0, 0.1) is 0 Å². The lowest BCUT2D eigenvalue weighted by Crippen LogP contribution is -2.42. The average molecular weight is 271 g/mol. The van der Waals surface area contributed by atoms with E-state index in [1.165, 1.54) is 11.3 Å². The molecular weight excluding hydrogens is 254 g/mol. The lowest BCUT2D eigenvalue weighted by molar-refractivity contribution is -0.160. The van der Waals surface area contributed by atoms with Crippen LogP contribution in [0.15, 0.2) is 17.5 Å². The van der Waals surface area contributed by atoms with E-state index >= 15 is 0 Å². The summed E-state index contributed by atoms with van der Waals surface area (Å²) in [5.74, 6) is -2.80. The maximum atomic E-state index is 12.0. The zero-order valence-corrected chi connectivity index (χ0v) is 11.4. The third-order valence-electron chi connectivity index (χ3n) is 2.15. The van der Waals surface area contributed by atoms with Gasteiger partial charge in [0, 0.05) is 4.88 Å². The van der Waals surface area contributed by atoms with E-state index in [0.29, 0.717) is 4.88 Å². The minimum absolute atomic E-state index is 0.596. The fourth-order valence-electron chi connectivity index (χ4n) is 1.42. The van der Waals surface area contributed by atoms with Gasteiger partial charge in [0.2, 0.25) is 0 Å². The molecule has 2 unspecified atom stereocenters. The minimum Gasteiger partial charge on any atom is -0.480 e. The van der Waals surface area contributed by atoms with E-state index in [1.807, 2.05) is 0 Å². The highest BCUT2D eigenvalue weighted by molar-refractivity contribution is 7.10. The monoisotopic (exact) mass is 271 g/mol. The minimum atomic E-state index is -1.31. The van der Waals surface area contributed by atoms with Crippen molar-refractivity contribution in [3.05, 3.63) is 22.4 Å². The molecule has 6 heteroatoms. The number of carbonyl (C=O) groups is 2. The van der Waals surface area contributed by atoms with Crippen LogP contribution >= 0.6 is 11.3 Å². The molecule has 18 heavy (non-hydrogen) atoms. The maximum Gasteiger partial charge on any atom is 0.321 e. The molecule has 0 aromatic carbocycles. The fourth-order valence-corrected chi connectivity index (χ4v) is 2.28. The van der Waals surface area contributed by atoms with Crippen LogP contribution in [0.3, 0.4) is 0 Å². The van der Waals surface area contributed by atoms with Crippen molar-refractivity contribution < 1.29 is 19.4 Å². The Morgan fingerprint density at radius 1 is 1.44 bits per heavy atom. The lowest BCUT2D eigenvalue weighted by Gasteiger charge is -2.25. The van der Waals surface area contributed by atoms with Gasteiger partial charge in [-0.3, -0.25) is 9.59 Å². The molecule has 1 aromatic rings.